The number of carbonyl (C=O) groups excluding carboxylic acids is 1. The van der Waals surface area contributed by atoms with E-state index >= 15 is 0 Å². The summed E-state index contributed by atoms with van der Waals surface area (Å²) >= 11 is 1.75. The van der Waals surface area contributed by atoms with Crippen molar-refractivity contribution in [1.82, 2.24) is 14.5 Å². The first kappa shape index (κ1) is 22.8. The molecular weight excluding hydrogens is 444 g/mol. The van der Waals surface area contributed by atoms with Crippen LogP contribution in [-0.4, -0.2) is 46.2 Å². The van der Waals surface area contributed by atoms with Crippen molar-refractivity contribution in [3.05, 3.63) is 57.9 Å². The van der Waals surface area contributed by atoms with Gasteiger partial charge in [-0.25, -0.2) is 4.98 Å². The van der Waals surface area contributed by atoms with Crippen LogP contribution in [0.5, 0.6) is 0 Å². The molecule has 6 nitrogen and oxygen atoms in total. The Kier molecular flexibility index (Phi) is 6.53. The van der Waals surface area contributed by atoms with Gasteiger partial charge in [-0.2, -0.15) is 5.26 Å². The second-order valence-corrected chi connectivity index (χ2v) is 10.4. The van der Waals surface area contributed by atoms with Crippen molar-refractivity contribution in [2.24, 2.45) is 0 Å². The molecule has 0 radical (unpaired) electrons. The Morgan fingerprint density at radius 1 is 1.26 bits per heavy atom. The van der Waals surface area contributed by atoms with E-state index in [9.17, 15) is 10.1 Å². The summed E-state index contributed by atoms with van der Waals surface area (Å²) in [5, 5.41) is 11.0. The third-order valence-electron chi connectivity index (χ3n) is 7.12. The molecule has 1 aromatic carbocycles. The Labute approximate surface area is 204 Å². The van der Waals surface area contributed by atoms with Gasteiger partial charge >= 0.3 is 0 Å². The number of ether oxygens (including phenoxy) is 1. The first-order chi connectivity index (χ1) is 16.5. The number of likely N-dealkylation sites (tertiary alicyclic amines) is 1. The highest BCUT2D eigenvalue weighted by atomic mass is 32.1. The summed E-state index contributed by atoms with van der Waals surface area (Å²) in [6.45, 7) is 7.07. The fourth-order valence-electron chi connectivity index (χ4n) is 5.11. The molecule has 3 aromatic rings. The zero-order valence-corrected chi connectivity index (χ0v) is 20.6. The molecule has 2 aliphatic rings. The molecule has 0 aliphatic carbocycles. The van der Waals surface area contributed by atoms with Crippen molar-refractivity contribution in [1.29, 1.82) is 5.26 Å². The molecule has 1 unspecified atom stereocenters. The Hall–Kier alpha value is -2.95. The standard InChI is InChI=1S/C27H30N4O2S/c1-18-14-21(19(2)31(18)17-23-6-5-13-33-23)15-22(16-28)27(32)30-11-9-20(10-12-30)26-29-24-7-3-4-8-25(24)34-26/h3-4,7-8,14-15,20,23H,5-6,9-13,17H2,1-2H3/b22-15-. The SMILES string of the molecule is Cc1cc(/C=C(/C#N)C(=O)N2CCC(c3nc4ccccc4s3)CC2)c(C)n1CC1CCCO1. The van der Waals surface area contributed by atoms with Crippen LogP contribution >= 0.6 is 11.3 Å². The Morgan fingerprint density at radius 3 is 2.76 bits per heavy atom. The van der Waals surface area contributed by atoms with E-state index in [1.165, 1.54) is 4.70 Å². The van der Waals surface area contributed by atoms with Gasteiger partial charge in [0.1, 0.15) is 11.6 Å². The summed E-state index contributed by atoms with van der Waals surface area (Å²) in [6.07, 6.45) is 5.95. The number of nitrogens with zero attached hydrogens (tertiary/aromatic N) is 4. The average molecular weight is 475 g/mol. The fraction of sp³-hybridized carbons (Fsp3) is 0.444. The summed E-state index contributed by atoms with van der Waals surface area (Å²) in [5.74, 6) is 0.196. The number of aromatic nitrogens is 2. The molecule has 0 N–H and O–H groups in total. The van der Waals surface area contributed by atoms with E-state index in [4.69, 9.17) is 9.72 Å². The van der Waals surface area contributed by atoms with Gasteiger partial charge < -0.3 is 14.2 Å². The number of aryl methyl sites for hydroxylation is 1. The monoisotopic (exact) mass is 474 g/mol. The van der Waals surface area contributed by atoms with Crippen LogP contribution in [0.1, 0.15) is 53.6 Å². The highest BCUT2D eigenvalue weighted by molar-refractivity contribution is 7.18. The predicted octanol–water partition coefficient (Wildman–Crippen LogP) is 5.21. The first-order valence-corrected chi connectivity index (χ1v) is 12.9. The molecule has 0 spiro atoms. The van der Waals surface area contributed by atoms with Crippen LogP contribution in [0.25, 0.3) is 16.3 Å². The van der Waals surface area contributed by atoms with Crippen LogP contribution in [0.3, 0.4) is 0 Å². The van der Waals surface area contributed by atoms with Gasteiger partial charge in [-0.15, -0.1) is 11.3 Å². The predicted molar refractivity (Wildman–Crippen MR) is 135 cm³/mol. The lowest BCUT2D eigenvalue weighted by Gasteiger charge is -2.31. The van der Waals surface area contributed by atoms with E-state index < -0.39 is 0 Å². The quantitative estimate of drug-likeness (QED) is 0.376. The third-order valence-corrected chi connectivity index (χ3v) is 8.31. The van der Waals surface area contributed by atoms with E-state index in [0.717, 1.165) is 66.3 Å². The third kappa shape index (κ3) is 4.53. The second kappa shape index (κ2) is 9.73. The Bertz CT molecular complexity index is 1230. The average Bonchev–Trinajstić information content (AvgIpc) is 3.59. The van der Waals surface area contributed by atoms with E-state index in [-0.39, 0.29) is 17.6 Å². The summed E-state index contributed by atoms with van der Waals surface area (Å²) in [7, 11) is 0. The van der Waals surface area contributed by atoms with Crippen molar-refractivity contribution < 1.29 is 9.53 Å². The molecule has 2 saturated heterocycles. The maximum Gasteiger partial charge on any atom is 0.264 e. The lowest BCUT2D eigenvalue weighted by Crippen LogP contribution is -2.38. The van der Waals surface area contributed by atoms with Crippen molar-refractivity contribution >= 4 is 33.5 Å². The second-order valence-electron chi connectivity index (χ2n) is 9.33. The molecule has 2 fully saturated rings. The normalized spacial score (nSPS) is 19.6. The fourth-order valence-corrected chi connectivity index (χ4v) is 6.25. The summed E-state index contributed by atoms with van der Waals surface area (Å²) in [4.78, 5) is 19.8. The number of para-hydroxylation sites is 1. The Balaban J connectivity index is 1.27. The van der Waals surface area contributed by atoms with E-state index in [1.54, 1.807) is 17.4 Å². The summed E-state index contributed by atoms with van der Waals surface area (Å²) in [6, 6.07) is 12.4. The molecule has 2 aliphatic heterocycles. The maximum atomic E-state index is 13.2. The molecule has 1 atom stereocenters. The minimum atomic E-state index is -0.172. The molecule has 4 heterocycles. The number of amides is 1. The van der Waals surface area contributed by atoms with Crippen LogP contribution in [0, 0.1) is 25.2 Å². The van der Waals surface area contributed by atoms with Crippen LogP contribution < -0.4 is 0 Å². The van der Waals surface area contributed by atoms with Crippen molar-refractivity contribution in [3.8, 4) is 6.07 Å². The molecule has 176 valence electrons. The van der Waals surface area contributed by atoms with Gasteiger partial charge in [-0.3, -0.25) is 4.79 Å². The topological polar surface area (TPSA) is 71.2 Å². The minimum absolute atomic E-state index is 0.172. The highest BCUT2D eigenvalue weighted by Crippen LogP contribution is 2.34. The molecule has 0 saturated carbocycles. The molecule has 0 bridgehead atoms. The van der Waals surface area contributed by atoms with Gasteiger partial charge in [0.2, 0.25) is 0 Å². The maximum absolute atomic E-state index is 13.2. The van der Waals surface area contributed by atoms with E-state index in [2.05, 4.69) is 42.7 Å². The number of thiazole rings is 1. The van der Waals surface area contributed by atoms with E-state index in [1.807, 2.05) is 17.0 Å². The number of rotatable bonds is 5. The number of carbonyl (C=O) groups is 1. The van der Waals surface area contributed by atoms with Crippen molar-refractivity contribution in [3.63, 3.8) is 0 Å². The summed E-state index contributed by atoms with van der Waals surface area (Å²) < 4.78 is 9.25. The number of hydrogen-bond acceptors (Lipinski definition) is 5. The van der Waals surface area contributed by atoms with Gasteiger partial charge in [0.15, 0.2) is 0 Å². The van der Waals surface area contributed by atoms with Gasteiger partial charge in [0.25, 0.3) is 5.91 Å². The lowest BCUT2D eigenvalue weighted by molar-refractivity contribution is -0.127. The number of piperidine rings is 1. The number of nitriles is 1. The molecule has 1 amide bonds. The number of hydrogen-bond donors (Lipinski definition) is 0. The molecular formula is C27H30N4O2S. The molecule has 5 rings (SSSR count). The van der Waals surface area contributed by atoms with Gasteiger partial charge in [0, 0.05) is 43.5 Å². The Morgan fingerprint density at radius 2 is 2.06 bits per heavy atom. The van der Waals surface area contributed by atoms with Crippen molar-refractivity contribution in [2.45, 2.75) is 58.1 Å². The number of fused-ring (bicyclic) bond motifs is 1. The van der Waals surface area contributed by atoms with Crippen LogP contribution in [0.15, 0.2) is 35.9 Å². The minimum Gasteiger partial charge on any atom is -0.376 e. The molecule has 7 heteroatoms. The van der Waals surface area contributed by atoms with Gasteiger partial charge in [0.05, 0.1) is 21.3 Å². The first-order valence-electron chi connectivity index (χ1n) is 12.1. The van der Waals surface area contributed by atoms with Crippen molar-refractivity contribution in [2.75, 3.05) is 19.7 Å². The highest BCUT2D eigenvalue weighted by Gasteiger charge is 2.28. The number of benzene rings is 1. The lowest BCUT2D eigenvalue weighted by atomic mass is 9.97. The molecule has 2 aromatic heterocycles. The van der Waals surface area contributed by atoms with Gasteiger partial charge in [-0.05, 0) is 69.4 Å². The molecule has 34 heavy (non-hydrogen) atoms. The van der Waals surface area contributed by atoms with Crippen LogP contribution in [0.4, 0.5) is 0 Å². The zero-order chi connectivity index (χ0) is 23.7. The van der Waals surface area contributed by atoms with Gasteiger partial charge in [-0.1, -0.05) is 12.1 Å². The van der Waals surface area contributed by atoms with Crippen LogP contribution in [0.2, 0.25) is 0 Å². The van der Waals surface area contributed by atoms with E-state index in [0.29, 0.717) is 19.0 Å². The smallest absolute Gasteiger partial charge is 0.264 e. The van der Waals surface area contributed by atoms with Crippen LogP contribution in [-0.2, 0) is 16.1 Å². The zero-order valence-electron chi connectivity index (χ0n) is 19.8. The largest absolute Gasteiger partial charge is 0.376 e. The summed E-state index contributed by atoms with van der Waals surface area (Å²) in [5.41, 5.74) is 4.39.